The Bertz CT molecular complexity index is 524. The zero-order chi connectivity index (χ0) is 20.9. The molecule has 25 heavy (non-hydrogen) atoms. The highest BCUT2D eigenvalue weighted by Crippen LogP contribution is 2.55. The summed E-state index contributed by atoms with van der Waals surface area (Å²) >= 11 is 0. The first-order chi connectivity index (χ1) is 10.6. The summed E-state index contributed by atoms with van der Waals surface area (Å²) in [6, 6.07) is -4.77. The van der Waals surface area contributed by atoms with E-state index in [1.165, 1.54) is 0 Å². The summed E-state index contributed by atoms with van der Waals surface area (Å²) in [7, 11) is 0. The summed E-state index contributed by atoms with van der Waals surface area (Å²) in [5.41, 5.74) is -7.65. The molecule has 0 spiro atoms. The average Bonchev–Trinajstić information content (AvgIpc) is 2.29. The predicted octanol–water partition coefficient (Wildman–Crippen LogP) is 3.72. The number of rotatable bonds is 4. The van der Waals surface area contributed by atoms with Crippen LogP contribution in [0, 0.1) is 0 Å². The van der Waals surface area contributed by atoms with E-state index in [0.717, 1.165) is 0 Å². The van der Waals surface area contributed by atoms with Crippen LogP contribution in [0.15, 0.2) is 0 Å². The predicted molar refractivity (Wildman–Crippen MR) is 43.0 cm³/mol. The minimum absolute atomic E-state index is 1.71. The highest BCUT2D eigenvalue weighted by atomic mass is 19.4. The monoisotopic (exact) mass is 410 g/mol. The van der Waals surface area contributed by atoms with Crippen molar-refractivity contribution in [3.8, 4) is 0 Å². The summed E-state index contributed by atoms with van der Waals surface area (Å²) in [5.74, 6) is -19.4. The summed E-state index contributed by atoms with van der Waals surface area (Å²) in [6.45, 7) is 0. The highest BCUT2D eigenvalue weighted by Gasteiger charge is 2.89. The van der Waals surface area contributed by atoms with Crippen molar-refractivity contribution in [1.29, 1.82) is 0 Å². The molecule has 0 saturated heterocycles. The van der Waals surface area contributed by atoms with Crippen LogP contribution in [-0.2, 0) is 14.3 Å². The third kappa shape index (κ3) is 3.44. The van der Waals surface area contributed by atoms with Crippen LogP contribution in [-0.4, -0.2) is 48.0 Å². The molecule has 0 N–H and O–H groups in total. The molecule has 0 atom stereocenters. The number of esters is 1. The number of hydrogen-bond acceptors (Lipinski definition) is 3. The standard InChI is InChI=1S/C8F14O3/c9-1(23)3(10,11)5(7(17,18)19,8(20,21)22)25-2(24)4(12,13)6(14,15)16. The van der Waals surface area contributed by atoms with Crippen molar-refractivity contribution in [2.24, 2.45) is 0 Å². The second-order valence-corrected chi connectivity index (χ2v) is 3.99. The lowest BCUT2D eigenvalue weighted by atomic mass is 9.93. The van der Waals surface area contributed by atoms with Crippen molar-refractivity contribution < 1.29 is 75.8 Å². The van der Waals surface area contributed by atoms with E-state index in [1.807, 2.05) is 0 Å². The molecule has 0 aliphatic rings. The van der Waals surface area contributed by atoms with Crippen LogP contribution in [0.4, 0.5) is 61.5 Å². The van der Waals surface area contributed by atoms with Gasteiger partial charge in [0, 0.05) is 0 Å². The quantitative estimate of drug-likeness (QED) is 0.403. The fourth-order valence-electron chi connectivity index (χ4n) is 1.15. The van der Waals surface area contributed by atoms with Crippen molar-refractivity contribution in [3.05, 3.63) is 0 Å². The Balaban J connectivity index is 6.67. The van der Waals surface area contributed by atoms with E-state index >= 15 is 0 Å². The SMILES string of the molecule is O=C(OC(C(F)(F)F)(C(F)(F)F)C(F)(F)C(=O)F)C(F)(F)C(F)(F)F. The van der Waals surface area contributed by atoms with Crippen molar-refractivity contribution in [3.63, 3.8) is 0 Å². The third-order valence-electron chi connectivity index (χ3n) is 2.35. The highest BCUT2D eigenvalue weighted by molar-refractivity contribution is 5.82. The average molecular weight is 410 g/mol. The molecule has 0 unspecified atom stereocenters. The number of carbonyl (C=O) groups excluding carboxylic acids is 2. The molecule has 0 amide bonds. The Hall–Kier alpha value is -1.84. The van der Waals surface area contributed by atoms with Crippen molar-refractivity contribution in [2.45, 2.75) is 36.0 Å². The van der Waals surface area contributed by atoms with Crippen LogP contribution in [0.25, 0.3) is 0 Å². The molecule has 0 radical (unpaired) electrons. The molecular weight excluding hydrogens is 410 g/mol. The molecule has 0 aliphatic heterocycles. The molecule has 0 heterocycles. The van der Waals surface area contributed by atoms with Crippen LogP contribution in [0.3, 0.4) is 0 Å². The van der Waals surface area contributed by atoms with Gasteiger partial charge in [0.25, 0.3) is 0 Å². The number of carbonyl (C=O) groups is 2. The van der Waals surface area contributed by atoms with E-state index < -0.39 is 48.0 Å². The second kappa shape index (κ2) is 5.86. The number of halogens is 14. The largest absolute Gasteiger partial charge is 0.465 e. The normalized spacial score (nSPS) is 15.1. The van der Waals surface area contributed by atoms with Gasteiger partial charge in [0.2, 0.25) is 0 Å². The maximum absolute atomic E-state index is 12.9. The smallest absolute Gasteiger partial charge is 0.429 e. The van der Waals surface area contributed by atoms with Gasteiger partial charge in [-0.25, -0.2) is 4.79 Å². The van der Waals surface area contributed by atoms with Crippen LogP contribution in [0.5, 0.6) is 0 Å². The number of hydrogen-bond donors (Lipinski definition) is 0. The summed E-state index contributed by atoms with van der Waals surface area (Å²) in [4.78, 5) is 20.2. The molecule has 148 valence electrons. The molecule has 0 aliphatic carbocycles. The van der Waals surface area contributed by atoms with Gasteiger partial charge in [-0.05, 0) is 0 Å². The van der Waals surface area contributed by atoms with E-state index in [0.29, 0.717) is 0 Å². The number of alkyl halides is 13. The lowest BCUT2D eigenvalue weighted by molar-refractivity contribution is -0.420. The Labute approximate surface area is 125 Å². The molecule has 0 aromatic heterocycles. The molecule has 0 rings (SSSR count). The van der Waals surface area contributed by atoms with E-state index in [1.54, 1.807) is 4.74 Å². The van der Waals surface area contributed by atoms with Crippen LogP contribution in [0.1, 0.15) is 0 Å². The molecule has 17 heteroatoms. The molecule has 0 bridgehead atoms. The van der Waals surface area contributed by atoms with Crippen molar-refractivity contribution >= 4 is 12.0 Å². The second-order valence-electron chi connectivity index (χ2n) is 3.99. The molecule has 0 saturated carbocycles. The van der Waals surface area contributed by atoms with E-state index in [-0.39, 0.29) is 0 Å². The van der Waals surface area contributed by atoms with Crippen LogP contribution in [0.2, 0.25) is 0 Å². The van der Waals surface area contributed by atoms with E-state index in [2.05, 4.69) is 0 Å². The van der Waals surface area contributed by atoms with Gasteiger partial charge in [-0.3, -0.25) is 4.79 Å². The molecule has 3 nitrogen and oxygen atoms in total. The van der Waals surface area contributed by atoms with Crippen molar-refractivity contribution in [2.75, 3.05) is 0 Å². The molecular formula is C8F14O3. The maximum Gasteiger partial charge on any atom is 0.465 e. The van der Waals surface area contributed by atoms with Crippen LogP contribution >= 0.6 is 0 Å². The Morgan fingerprint density at radius 2 is 0.880 bits per heavy atom. The Morgan fingerprint density at radius 1 is 0.560 bits per heavy atom. The summed E-state index contributed by atoms with van der Waals surface area (Å²) in [5, 5.41) is 0. The first-order valence-corrected chi connectivity index (χ1v) is 4.96. The summed E-state index contributed by atoms with van der Waals surface area (Å²) in [6.07, 6.45) is -22.6. The van der Waals surface area contributed by atoms with Gasteiger partial charge in [0.05, 0.1) is 0 Å². The zero-order valence-electron chi connectivity index (χ0n) is 10.5. The van der Waals surface area contributed by atoms with Gasteiger partial charge in [-0.1, -0.05) is 0 Å². The first kappa shape index (κ1) is 23.2. The van der Waals surface area contributed by atoms with Crippen LogP contribution < -0.4 is 0 Å². The Kier molecular flexibility index (Phi) is 5.43. The first-order valence-electron chi connectivity index (χ1n) is 4.96. The van der Waals surface area contributed by atoms with Gasteiger partial charge in [0.15, 0.2) is 0 Å². The van der Waals surface area contributed by atoms with E-state index in [4.69, 9.17) is 0 Å². The minimum atomic E-state index is -7.74. The maximum atomic E-state index is 12.9. The molecule has 0 fully saturated rings. The fraction of sp³-hybridized carbons (Fsp3) is 0.750. The van der Waals surface area contributed by atoms with Crippen molar-refractivity contribution in [1.82, 2.24) is 0 Å². The van der Waals surface area contributed by atoms with Gasteiger partial charge in [-0.15, -0.1) is 0 Å². The molecule has 0 aromatic carbocycles. The third-order valence-corrected chi connectivity index (χ3v) is 2.35. The van der Waals surface area contributed by atoms with Gasteiger partial charge in [0.1, 0.15) is 0 Å². The van der Waals surface area contributed by atoms with Gasteiger partial charge >= 0.3 is 48.0 Å². The van der Waals surface area contributed by atoms with E-state index in [9.17, 15) is 71.1 Å². The summed E-state index contributed by atoms with van der Waals surface area (Å²) < 4.78 is 175. The lowest BCUT2D eigenvalue weighted by Crippen LogP contribution is -2.72. The number of ether oxygens (including phenoxy) is 1. The minimum Gasteiger partial charge on any atom is -0.429 e. The fourth-order valence-corrected chi connectivity index (χ4v) is 1.15. The topological polar surface area (TPSA) is 43.4 Å². The lowest BCUT2D eigenvalue weighted by Gasteiger charge is -2.39. The van der Waals surface area contributed by atoms with Gasteiger partial charge < -0.3 is 4.74 Å². The Morgan fingerprint density at radius 3 is 1.08 bits per heavy atom. The van der Waals surface area contributed by atoms with Gasteiger partial charge in [-0.2, -0.15) is 61.5 Å². The molecule has 0 aromatic rings. The zero-order valence-corrected chi connectivity index (χ0v) is 10.5.